The fourth-order valence-corrected chi connectivity index (χ4v) is 4.90. The Kier molecular flexibility index (Phi) is 8.48. The summed E-state index contributed by atoms with van der Waals surface area (Å²) in [7, 11) is -3.69. The Balaban J connectivity index is 1.62. The molecule has 0 aromatic heterocycles. The number of carbonyl (C=O) groups is 1. The molecule has 0 fully saturated rings. The normalized spacial score (nSPS) is 11.4. The zero-order valence-electron chi connectivity index (χ0n) is 18.5. The Bertz CT molecular complexity index is 1330. The first-order valence-electron chi connectivity index (χ1n) is 10.4. The molecule has 0 aliphatic rings. The lowest BCUT2D eigenvalue weighted by Gasteiger charge is -2.19. The van der Waals surface area contributed by atoms with E-state index in [1.165, 1.54) is 34.7 Å². The van der Waals surface area contributed by atoms with Crippen molar-refractivity contribution in [3.8, 4) is 0 Å². The predicted octanol–water partition coefficient (Wildman–Crippen LogP) is 4.73. The summed E-state index contributed by atoms with van der Waals surface area (Å²) >= 11 is 5.21. The van der Waals surface area contributed by atoms with Crippen molar-refractivity contribution in [2.45, 2.75) is 4.90 Å². The predicted molar refractivity (Wildman–Crippen MR) is 143 cm³/mol. The monoisotopic (exact) mass is 491 g/mol. The third-order valence-corrected chi connectivity index (χ3v) is 6.94. The van der Waals surface area contributed by atoms with E-state index in [2.05, 4.69) is 23.8 Å². The lowest BCUT2D eigenvalue weighted by atomic mass is 10.0. The molecule has 0 bridgehead atoms. The second kappa shape index (κ2) is 11.5. The van der Waals surface area contributed by atoms with Crippen LogP contribution in [0.15, 0.2) is 103 Å². The highest BCUT2D eigenvalue weighted by Gasteiger charge is 2.22. The third-order valence-electron chi connectivity index (χ3n) is 4.89. The molecule has 3 aromatic carbocycles. The van der Waals surface area contributed by atoms with Crippen LogP contribution in [0.2, 0.25) is 0 Å². The SMILES string of the molecule is C=CCN(CC=C)S(=O)(=O)c1ccc(NC(=S)NC(=O)/C=C/c2cccc3ccccc23)cc1. The summed E-state index contributed by atoms with van der Waals surface area (Å²) in [6.45, 7) is 7.55. The van der Waals surface area contributed by atoms with Crippen LogP contribution in [0.5, 0.6) is 0 Å². The molecule has 0 heterocycles. The Hall–Kier alpha value is -3.59. The number of hydrogen-bond donors (Lipinski definition) is 2. The number of nitrogens with one attached hydrogen (secondary N) is 2. The van der Waals surface area contributed by atoms with Crippen LogP contribution in [0.1, 0.15) is 5.56 Å². The van der Waals surface area contributed by atoms with E-state index >= 15 is 0 Å². The molecule has 1 amide bonds. The van der Waals surface area contributed by atoms with Crippen LogP contribution in [-0.4, -0.2) is 36.8 Å². The van der Waals surface area contributed by atoms with Crippen LogP contribution in [-0.2, 0) is 14.8 Å². The molecule has 0 unspecified atom stereocenters. The minimum atomic E-state index is -3.69. The smallest absolute Gasteiger partial charge is 0.250 e. The third kappa shape index (κ3) is 6.26. The van der Waals surface area contributed by atoms with Crippen molar-refractivity contribution in [3.63, 3.8) is 0 Å². The standard InChI is InChI=1S/C26H25N3O3S2/c1-3-18-29(19-4-2)34(31,32)23-15-13-22(14-16-23)27-26(33)28-25(30)17-12-21-10-7-9-20-8-5-6-11-24(20)21/h3-17H,1-2,18-19H2,(H2,27,28,30,33)/b17-12+. The zero-order chi connectivity index (χ0) is 24.6. The molecule has 0 aliphatic heterocycles. The number of benzene rings is 3. The molecule has 0 radical (unpaired) electrons. The van der Waals surface area contributed by atoms with Gasteiger partial charge in [-0.2, -0.15) is 4.31 Å². The van der Waals surface area contributed by atoms with Crippen LogP contribution >= 0.6 is 12.2 Å². The highest BCUT2D eigenvalue weighted by molar-refractivity contribution is 7.89. The summed E-state index contributed by atoms with van der Waals surface area (Å²) in [4.78, 5) is 12.4. The second-order valence-corrected chi connectivity index (χ2v) is 9.62. The van der Waals surface area contributed by atoms with Gasteiger partial charge in [0.1, 0.15) is 0 Å². The second-order valence-electron chi connectivity index (χ2n) is 7.27. The number of nitrogens with zero attached hydrogens (tertiary/aromatic N) is 1. The van der Waals surface area contributed by atoms with E-state index in [1.807, 2.05) is 42.5 Å². The molecular formula is C26H25N3O3S2. The van der Waals surface area contributed by atoms with Crippen molar-refractivity contribution in [1.82, 2.24) is 9.62 Å². The lowest BCUT2D eigenvalue weighted by molar-refractivity contribution is -0.115. The quantitative estimate of drug-likeness (QED) is 0.257. The molecule has 3 rings (SSSR count). The summed E-state index contributed by atoms with van der Waals surface area (Å²) in [5.74, 6) is -0.380. The molecule has 0 aliphatic carbocycles. The summed E-state index contributed by atoms with van der Waals surface area (Å²) in [5, 5.41) is 7.71. The van der Waals surface area contributed by atoms with Crippen LogP contribution in [0.25, 0.3) is 16.8 Å². The highest BCUT2D eigenvalue weighted by Crippen LogP contribution is 2.20. The molecule has 174 valence electrons. The number of rotatable bonds is 9. The Morgan fingerprint density at radius 1 is 0.941 bits per heavy atom. The van der Waals surface area contributed by atoms with Gasteiger partial charge in [0, 0.05) is 24.9 Å². The number of amides is 1. The van der Waals surface area contributed by atoms with Crippen molar-refractivity contribution in [1.29, 1.82) is 0 Å². The van der Waals surface area contributed by atoms with E-state index in [-0.39, 0.29) is 29.0 Å². The van der Waals surface area contributed by atoms with E-state index in [4.69, 9.17) is 12.2 Å². The zero-order valence-corrected chi connectivity index (χ0v) is 20.1. The highest BCUT2D eigenvalue weighted by atomic mass is 32.2. The Morgan fingerprint density at radius 2 is 1.59 bits per heavy atom. The lowest BCUT2D eigenvalue weighted by Crippen LogP contribution is -2.33. The van der Waals surface area contributed by atoms with Crippen molar-refractivity contribution in [3.05, 3.63) is 104 Å². The van der Waals surface area contributed by atoms with Crippen molar-refractivity contribution in [2.24, 2.45) is 0 Å². The van der Waals surface area contributed by atoms with E-state index < -0.39 is 10.0 Å². The fraction of sp³-hybridized carbons (Fsp3) is 0.0769. The van der Waals surface area contributed by atoms with Gasteiger partial charge < -0.3 is 5.32 Å². The summed E-state index contributed by atoms with van der Waals surface area (Å²) < 4.78 is 26.8. The topological polar surface area (TPSA) is 78.5 Å². The van der Waals surface area contributed by atoms with Gasteiger partial charge in [0.15, 0.2) is 5.11 Å². The van der Waals surface area contributed by atoms with Gasteiger partial charge >= 0.3 is 0 Å². The number of anilines is 1. The van der Waals surface area contributed by atoms with Gasteiger partial charge in [0.05, 0.1) is 4.90 Å². The van der Waals surface area contributed by atoms with E-state index in [9.17, 15) is 13.2 Å². The maximum absolute atomic E-state index is 12.8. The molecular weight excluding hydrogens is 466 g/mol. The van der Waals surface area contributed by atoms with Crippen LogP contribution in [0, 0.1) is 0 Å². The molecule has 34 heavy (non-hydrogen) atoms. The van der Waals surface area contributed by atoms with E-state index in [1.54, 1.807) is 18.2 Å². The Labute approximate surface area is 205 Å². The molecule has 3 aromatic rings. The molecule has 6 nitrogen and oxygen atoms in total. The minimum Gasteiger partial charge on any atom is -0.332 e. The van der Waals surface area contributed by atoms with Gasteiger partial charge in [-0.05, 0) is 58.9 Å². The van der Waals surface area contributed by atoms with Gasteiger partial charge in [-0.25, -0.2) is 8.42 Å². The maximum Gasteiger partial charge on any atom is 0.250 e. The number of fused-ring (bicyclic) bond motifs is 1. The Morgan fingerprint density at radius 3 is 2.26 bits per heavy atom. The van der Waals surface area contributed by atoms with Crippen molar-refractivity contribution >= 4 is 55.8 Å². The van der Waals surface area contributed by atoms with Gasteiger partial charge in [0.2, 0.25) is 15.9 Å². The van der Waals surface area contributed by atoms with Gasteiger partial charge in [-0.3, -0.25) is 10.1 Å². The molecule has 0 spiro atoms. The van der Waals surface area contributed by atoms with Gasteiger partial charge in [0.25, 0.3) is 0 Å². The first kappa shape index (κ1) is 25.0. The van der Waals surface area contributed by atoms with Crippen molar-refractivity contribution < 1.29 is 13.2 Å². The fourth-order valence-electron chi connectivity index (χ4n) is 3.30. The van der Waals surface area contributed by atoms with Gasteiger partial charge in [-0.1, -0.05) is 54.6 Å². The first-order valence-corrected chi connectivity index (χ1v) is 12.3. The average molecular weight is 492 g/mol. The van der Waals surface area contributed by atoms with E-state index in [0.717, 1.165) is 16.3 Å². The van der Waals surface area contributed by atoms with Crippen molar-refractivity contribution in [2.75, 3.05) is 18.4 Å². The van der Waals surface area contributed by atoms with E-state index in [0.29, 0.717) is 5.69 Å². The summed E-state index contributed by atoms with van der Waals surface area (Å²) in [6, 6.07) is 19.9. The number of sulfonamides is 1. The minimum absolute atomic E-state index is 0.100. The van der Waals surface area contributed by atoms with Gasteiger partial charge in [-0.15, -0.1) is 13.2 Å². The molecule has 0 saturated heterocycles. The van der Waals surface area contributed by atoms with Crippen LogP contribution in [0.3, 0.4) is 0 Å². The molecule has 8 heteroatoms. The molecule has 0 saturated carbocycles. The average Bonchev–Trinajstić information content (AvgIpc) is 2.83. The number of carbonyl (C=O) groups excluding carboxylic acids is 1. The molecule has 2 N–H and O–H groups in total. The first-order chi connectivity index (χ1) is 16.3. The van der Waals surface area contributed by atoms with Crippen LogP contribution in [0.4, 0.5) is 5.69 Å². The number of thiocarbonyl (C=S) groups is 1. The van der Waals surface area contributed by atoms with Crippen LogP contribution < -0.4 is 10.6 Å². The summed E-state index contributed by atoms with van der Waals surface area (Å²) in [6.07, 6.45) is 6.19. The summed E-state index contributed by atoms with van der Waals surface area (Å²) in [5.41, 5.74) is 1.46. The maximum atomic E-state index is 12.8. The largest absolute Gasteiger partial charge is 0.332 e. The molecule has 0 atom stereocenters. The number of hydrogen-bond acceptors (Lipinski definition) is 4.